The SMILES string of the molecule is COc1cccc2c1NCC[C@@H]2N1Cc2cncnc2N(C)C1=O. The van der Waals surface area contributed by atoms with Crippen LogP contribution in [0, 0.1) is 0 Å². The van der Waals surface area contributed by atoms with Crippen LogP contribution < -0.4 is 15.0 Å². The van der Waals surface area contributed by atoms with Gasteiger partial charge < -0.3 is 15.0 Å². The number of hydrogen-bond donors (Lipinski definition) is 1. The Morgan fingerprint density at radius 2 is 2.25 bits per heavy atom. The van der Waals surface area contributed by atoms with Gasteiger partial charge in [-0.2, -0.15) is 0 Å². The second-order valence-corrected chi connectivity index (χ2v) is 6.00. The summed E-state index contributed by atoms with van der Waals surface area (Å²) in [5.41, 5.74) is 3.02. The number of nitrogens with zero attached hydrogens (tertiary/aromatic N) is 4. The summed E-state index contributed by atoms with van der Waals surface area (Å²) >= 11 is 0. The van der Waals surface area contributed by atoms with E-state index in [0.29, 0.717) is 12.4 Å². The van der Waals surface area contributed by atoms with Crippen molar-refractivity contribution in [2.75, 3.05) is 30.9 Å². The molecule has 24 heavy (non-hydrogen) atoms. The summed E-state index contributed by atoms with van der Waals surface area (Å²) in [5.74, 6) is 1.49. The van der Waals surface area contributed by atoms with Gasteiger partial charge in [0.05, 0.1) is 25.4 Å². The van der Waals surface area contributed by atoms with E-state index in [1.54, 1.807) is 25.3 Å². The van der Waals surface area contributed by atoms with Gasteiger partial charge in [-0.1, -0.05) is 12.1 Å². The number of anilines is 2. The number of carbonyl (C=O) groups is 1. The number of methoxy groups -OCH3 is 1. The molecule has 0 spiro atoms. The predicted octanol–water partition coefficient (Wildman–Crippen LogP) is 2.41. The smallest absolute Gasteiger partial charge is 0.326 e. The molecule has 0 radical (unpaired) electrons. The Labute approximate surface area is 140 Å². The lowest BCUT2D eigenvalue weighted by molar-refractivity contribution is 0.169. The highest BCUT2D eigenvalue weighted by molar-refractivity contribution is 5.93. The van der Waals surface area contributed by atoms with Crippen LogP contribution in [0.15, 0.2) is 30.7 Å². The van der Waals surface area contributed by atoms with Gasteiger partial charge in [0.25, 0.3) is 0 Å². The second-order valence-electron chi connectivity index (χ2n) is 6.00. The first-order valence-corrected chi connectivity index (χ1v) is 7.94. The summed E-state index contributed by atoms with van der Waals surface area (Å²) in [7, 11) is 3.42. The molecule has 124 valence electrons. The van der Waals surface area contributed by atoms with Gasteiger partial charge in [-0.05, 0) is 12.5 Å². The van der Waals surface area contributed by atoms with Crippen LogP contribution in [0.2, 0.25) is 0 Å². The molecular weight excluding hydrogens is 306 g/mol. The van der Waals surface area contributed by atoms with E-state index in [1.807, 2.05) is 17.0 Å². The van der Waals surface area contributed by atoms with E-state index in [9.17, 15) is 4.79 Å². The van der Waals surface area contributed by atoms with E-state index >= 15 is 0 Å². The first-order chi connectivity index (χ1) is 11.7. The molecule has 2 aliphatic rings. The molecule has 7 nitrogen and oxygen atoms in total. The Balaban J connectivity index is 1.75. The van der Waals surface area contributed by atoms with E-state index < -0.39 is 0 Å². The number of fused-ring (bicyclic) bond motifs is 2. The number of rotatable bonds is 2. The van der Waals surface area contributed by atoms with Crippen molar-refractivity contribution in [2.45, 2.75) is 19.0 Å². The van der Waals surface area contributed by atoms with Crippen LogP contribution in [-0.4, -0.2) is 41.6 Å². The summed E-state index contributed by atoms with van der Waals surface area (Å²) in [5, 5.41) is 3.40. The Hall–Kier alpha value is -2.83. The van der Waals surface area contributed by atoms with Gasteiger partial charge in [0.1, 0.15) is 17.9 Å². The average molecular weight is 325 g/mol. The van der Waals surface area contributed by atoms with E-state index in [1.165, 1.54) is 6.33 Å². The Morgan fingerprint density at radius 1 is 1.38 bits per heavy atom. The number of amides is 2. The van der Waals surface area contributed by atoms with Crippen molar-refractivity contribution in [1.29, 1.82) is 0 Å². The van der Waals surface area contributed by atoms with Gasteiger partial charge in [-0.3, -0.25) is 4.90 Å². The molecule has 2 aromatic rings. The van der Waals surface area contributed by atoms with Crippen molar-refractivity contribution in [3.8, 4) is 5.75 Å². The molecule has 0 saturated carbocycles. The van der Waals surface area contributed by atoms with Crippen molar-refractivity contribution >= 4 is 17.5 Å². The normalized spacial score (nSPS) is 19.4. The summed E-state index contributed by atoms with van der Waals surface area (Å²) in [6, 6.07) is 5.91. The van der Waals surface area contributed by atoms with Gasteiger partial charge in [0.2, 0.25) is 0 Å². The minimum Gasteiger partial charge on any atom is -0.495 e. The lowest BCUT2D eigenvalue weighted by Crippen LogP contribution is -2.48. The lowest BCUT2D eigenvalue weighted by atomic mass is 9.95. The molecule has 0 bridgehead atoms. The van der Waals surface area contributed by atoms with Gasteiger partial charge in [-0.25, -0.2) is 14.8 Å². The molecule has 1 aromatic heterocycles. The van der Waals surface area contributed by atoms with Crippen LogP contribution >= 0.6 is 0 Å². The maximum atomic E-state index is 12.9. The maximum Gasteiger partial charge on any atom is 0.326 e. The molecule has 0 saturated heterocycles. The number of nitrogens with one attached hydrogen (secondary N) is 1. The van der Waals surface area contributed by atoms with Crippen molar-refractivity contribution in [3.63, 3.8) is 0 Å². The second kappa shape index (κ2) is 5.67. The number of hydrogen-bond acceptors (Lipinski definition) is 5. The summed E-state index contributed by atoms with van der Waals surface area (Å²) in [6.45, 7) is 1.31. The zero-order chi connectivity index (χ0) is 16.7. The standard InChI is InChI=1S/C17H19N5O2/c1-21-16-11(8-18-10-20-16)9-22(17(21)23)13-6-7-19-15-12(13)4-3-5-14(15)24-2/h3-5,8,10,13,19H,6-7,9H2,1-2H3/t13-/m0/s1. The fraction of sp³-hybridized carbons (Fsp3) is 0.353. The molecule has 7 heteroatoms. The van der Waals surface area contributed by atoms with Crippen molar-refractivity contribution in [2.24, 2.45) is 0 Å². The van der Waals surface area contributed by atoms with Crippen LogP contribution in [0.3, 0.4) is 0 Å². The molecule has 0 fully saturated rings. The highest BCUT2D eigenvalue weighted by Crippen LogP contribution is 2.42. The zero-order valence-corrected chi connectivity index (χ0v) is 13.7. The number of para-hydroxylation sites is 1. The van der Waals surface area contributed by atoms with Gasteiger partial charge in [0.15, 0.2) is 0 Å². The summed E-state index contributed by atoms with van der Waals surface area (Å²) in [4.78, 5) is 24.7. The highest BCUT2D eigenvalue weighted by Gasteiger charge is 2.36. The molecular formula is C17H19N5O2. The number of benzene rings is 1. The number of carbonyl (C=O) groups excluding carboxylic acids is 1. The average Bonchev–Trinajstić information content (AvgIpc) is 2.64. The van der Waals surface area contributed by atoms with Crippen LogP contribution in [0.25, 0.3) is 0 Å². The van der Waals surface area contributed by atoms with Gasteiger partial charge >= 0.3 is 6.03 Å². The topological polar surface area (TPSA) is 70.6 Å². The minimum atomic E-state index is -0.0399. The third-order valence-electron chi connectivity index (χ3n) is 4.69. The molecule has 1 N–H and O–H groups in total. The Bertz CT molecular complexity index is 794. The zero-order valence-electron chi connectivity index (χ0n) is 13.7. The van der Waals surface area contributed by atoms with Gasteiger partial charge in [-0.15, -0.1) is 0 Å². The third-order valence-corrected chi connectivity index (χ3v) is 4.69. The molecule has 0 unspecified atom stereocenters. The first kappa shape index (κ1) is 14.7. The maximum absolute atomic E-state index is 12.9. The molecule has 2 aliphatic heterocycles. The highest BCUT2D eigenvalue weighted by atomic mass is 16.5. The summed E-state index contributed by atoms with van der Waals surface area (Å²) in [6.07, 6.45) is 4.11. The van der Waals surface area contributed by atoms with Crippen LogP contribution in [-0.2, 0) is 6.54 Å². The van der Waals surface area contributed by atoms with Gasteiger partial charge in [0, 0.05) is 30.9 Å². The van der Waals surface area contributed by atoms with Crippen molar-refractivity contribution in [3.05, 3.63) is 41.9 Å². The molecule has 3 heterocycles. The molecule has 1 atom stereocenters. The van der Waals surface area contributed by atoms with Crippen molar-refractivity contribution < 1.29 is 9.53 Å². The van der Waals surface area contributed by atoms with Crippen molar-refractivity contribution in [1.82, 2.24) is 14.9 Å². The first-order valence-electron chi connectivity index (χ1n) is 7.94. The van der Waals surface area contributed by atoms with E-state index in [2.05, 4.69) is 21.4 Å². The largest absolute Gasteiger partial charge is 0.495 e. The van der Waals surface area contributed by atoms with E-state index in [4.69, 9.17) is 4.74 Å². The van der Waals surface area contributed by atoms with Crippen LogP contribution in [0.5, 0.6) is 5.75 Å². The van der Waals surface area contributed by atoms with E-state index in [0.717, 1.165) is 35.5 Å². The van der Waals surface area contributed by atoms with Crippen LogP contribution in [0.4, 0.5) is 16.3 Å². The predicted molar refractivity (Wildman–Crippen MR) is 90.2 cm³/mol. The number of ether oxygens (including phenoxy) is 1. The molecule has 4 rings (SSSR count). The fourth-order valence-corrected chi connectivity index (χ4v) is 3.54. The fourth-order valence-electron chi connectivity index (χ4n) is 3.54. The monoisotopic (exact) mass is 325 g/mol. The summed E-state index contributed by atoms with van der Waals surface area (Å²) < 4.78 is 5.46. The molecule has 2 amide bonds. The number of aromatic nitrogens is 2. The Morgan fingerprint density at radius 3 is 3.08 bits per heavy atom. The Kier molecular flexibility index (Phi) is 3.48. The minimum absolute atomic E-state index is 0.000318. The quantitative estimate of drug-likeness (QED) is 0.918. The molecule has 1 aromatic carbocycles. The molecule has 0 aliphatic carbocycles. The van der Waals surface area contributed by atoms with E-state index in [-0.39, 0.29) is 12.1 Å². The lowest BCUT2D eigenvalue weighted by Gasteiger charge is -2.41. The van der Waals surface area contributed by atoms with Crippen LogP contribution in [0.1, 0.15) is 23.6 Å². The number of urea groups is 1. The third kappa shape index (κ3) is 2.16.